The van der Waals surface area contributed by atoms with Crippen molar-refractivity contribution in [2.45, 2.75) is 17.6 Å². The number of rotatable bonds is 4. The average Bonchev–Trinajstić information content (AvgIpc) is 2.41. The topological polar surface area (TPSA) is 63.3 Å². The molecule has 0 atom stereocenters. The number of hydrogen-bond donors (Lipinski definition) is 2. The average molecular weight is 291 g/mol. The fraction of sp³-hybridized carbons (Fsp3) is 0.133. The van der Waals surface area contributed by atoms with Crippen molar-refractivity contribution in [2.24, 2.45) is 0 Å². The summed E-state index contributed by atoms with van der Waals surface area (Å²) in [5, 5.41) is 8.92. The maximum Gasteiger partial charge on any atom is 0.335 e. The van der Waals surface area contributed by atoms with Gasteiger partial charge in [-0.25, -0.2) is 9.18 Å². The number of aromatic carboxylic acids is 1. The van der Waals surface area contributed by atoms with Gasteiger partial charge in [-0.15, -0.1) is 11.8 Å². The van der Waals surface area contributed by atoms with Crippen molar-refractivity contribution >= 4 is 23.4 Å². The summed E-state index contributed by atoms with van der Waals surface area (Å²) in [7, 11) is 0. The summed E-state index contributed by atoms with van der Waals surface area (Å²) in [4.78, 5) is 11.8. The number of para-hydroxylation sites is 1. The van der Waals surface area contributed by atoms with Crippen LogP contribution in [0, 0.1) is 12.7 Å². The number of carboxylic acid groups (broad SMARTS) is 1. The largest absolute Gasteiger partial charge is 0.478 e. The molecule has 2 aromatic rings. The van der Waals surface area contributed by atoms with Crippen LogP contribution in [0.2, 0.25) is 0 Å². The van der Waals surface area contributed by atoms with E-state index in [0.717, 1.165) is 10.5 Å². The Morgan fingerprint density at radius 1 is 1.35 bits per heavy atom. The Morgan fingerprint density at radius 3 is 2.80 bits per heavy atom. The third-order valence-corrected chi connectivity index (χ3v) is 4.08. The van der Waals surface area contributed by atoms with Crippen molar-refractivity contribution in [1.82, 2.24) is 0 Å². The van der Waals surface area contributed by atoms with E-state index in [2.05, 4.69) is 0 Å². The second kappa shape index (κ2) is 5.96. The number of nitrogen functional groups attached to an aromatic ring is 1. The predicted octanol–water partition coefficient (Wildman–Crippen LogP) is 3.71. The van der Waals surface area contributed by atoms with Crippen LogP contribution >= 0.6 is 11.8 Å². The molecule has 0 radical (unpaired) electrons. The van der Waals surface area contributed by atoms with Crippen LogP contribution in [0.25, 0.3) is 0 Å². The molecule has 0 fully saturated rings. The van der Waals surface area contributed by atoms with Crippen LogP contribution in [0.5, 0.6) is 0 Å². The van der Waals surface area contributed by atoms with E-state index in [4.69, 9.17) is 10.8 Å². The van der Waals surface area contributed by atoms with Crippen molar-refractivity contribution in [3.05, 3.63) is 58.9 Å². The molecule has 0 aliphatic carbocycles. The summed E-state index contributed by atoms with van der Waals surface area (Å²) < 4.78 is 13.7. The fourth-order valence-corrected chi connectivity index (χ4v) is 2.78. The van der Waals surface area contributed by atoms with Gasteiger partial charge in [0.05, 0.1) is 5.56 Å². The number of thioether (sulfide) groups is 1. The number of hydrogen-bond acceptors (Lipinski definition) is 3. The lowest BCUT2D eigenvalue weighted by Gasteiger charge is -2.09. The first-order valence-corrected chi connectivity index (χ1v) is 6.97. The lowest BCUT2D eigenvalue weighted by Crippen LogP contribution is -1.99. The molecule has 0 aliphatic rings. The zero-order valence-electron chi connectivity index (χ0n) is 10.9. The standard InChI is InChI=1S/C15H14FNO2S/c1-9-3-2-4-13(14(9)17)20-8-11-7-10(15(18)19)5-6-12(11)16/h2-7H,8,17H2,1H3,(H,18,19). The summed E-state index contributed by atoms with van der Waals surface area (Å²) in [6, 6.07) is 9.46. The molecule has 0 spiro atoms. The first kappa shape index (κ1) is 14.4. The van der Waals surface area contributed by atoms with Crippen LogP contribution in [-0.4, -0.2) is 11.1 Å². The van der Waals surface area contributed by atoms with Gasteiger partial charge in [-0.1, -0.05) is 12.1 Å². The van der Waals surface area contributed by atoms with Gasteiger partial charge in [-0.05, 0) is 42.3 Å². The Labute approximate surface area is 120 Å². The van der Waals surface area contributed by atoms with Crippen LogP contribution < -0.4 is 5.73 Å². The highest BCUT2D eigenvalue weighted by Gasteiger charge is 2.10. The van der Waals surface area contributed by atoms with Crippen LogP contribution in [-0.2, 0) is 5.75 Å². The number of carboxylic acids is 1. The second-order valence-corrected chi connectivity index (χ2v) is 5.40. The molecule has 0 aromatic heterocycles. The van der Waals surface area contributed by atoms with Crippen molar-refractivity contribution in [2.75, 3.05) is 5.73 Å². The normalized spacial score (nSPS) is 10.5. The second-order valence-electron chi connectivity index (χ2n) is 4.39. The highest BCUT2D eigenvalue weighted by atomic mass is 32.2. The minimum atomic E-state index is -1.06. The molecular weight excluding hydrogens is 277 g/mol. The molecule has 0 saturated heterocycles. The first-order valence-electron chi connectivity index (χ1n) is 5.98. The molecule has 2 rings (SSSR count). The van der Waals surface area contributed by atoms with Gasteiger partial charge in [-0.3, -0.25) is 0 Å². The molecule has 20 heavy (non-hydrogen) atoms. The van der Waals surface area contributed by atoms with Gasteiger partial charge in [0.25, 0.3) is 0 Å². The Morgan fingerprint density at radius 2 is 2.10 bits per heavy atom. The van der Waals surface area contributed by atoms with E-state index < -0.39 is 11.8 Å². The number of halogens is 1. The van der Waals surface area contributed by atoms with Crippen molar-refractivity contribution < 1.29 is 14.3 Å². The highest BCUT2D eigenvalue weighted by molar-refractivity contribution is 7.98. The molecule has 5 heteroatoms. The molecule has 2 aromatic carbocycles. The van der Waals surface area contributed by atoms with Gasteiger partial charge in [0.15, 0.2) is 0 Å². The van der Waals surface area contributed by atoms with Gasteiger partial charge < -0.3 is 10.8 Å². The summed E-state index contributed by atoms with van der Waals surface area (Å²) >= 11 is 1.39. The van der Waals surface area contributed by atoms with E-state index in [0.29, 0.717) is 17.0 Å². The molecule has 3 N–H and O–H groups in total. The third kappa shape index (κ3) is 3.11. The van der Waals surface area contributed by atoms with Crippen LogP contribution in [0.3, 0.4) is 0 Å². The Balaban J connectivity index is 2.20. The smallest absolute Gasteiger partial charge is 0.335 e. The zero-order valence-corrected chi connectivity index (χ0v) is 11.7. The molecule has 0 aliphatic heterocycles. The lowest BCUT2D eigenvalue weighted by molar-refractivity contribution is 0.0696. The Kier molecular flexibility index (Phi) is 4.29. The van der Waals surface area contributed by atoms with Crippen LogP contribution in [0.15, 0.2) is 41.3 Å². The molecule has 0 heterocycles. The van der Waals surface area contributed by atoms with Crippen molar-refractivity contribution in [1.29, 1.82) is 0 Å². The molecule has 0 bridgehead atoms. The van der Waals surface area contributed by atoms with Crippen LogP contribution in [0.1, 0.15) is 21.5 Å². The number of carbonyl (C=O) groups is 1. The van der Waals surface area contributed by atoms with Crippen molar-refractivity contribution in [3.8, 4) is 0 Å². The highest BCUT2D eigenvalue weighted by Crippen LogP contribution is 2.30. The molecule has 0 unspecified atom stereocenters. The summed E-state index contributed by atoms with van der Waals surface area (Å²) in [6.07, 6.45) is 0. The lowest BCUT2D eigenvalue weighted by atomic mass is 10.1. The fourth-order valence-electron chi connectivity index (χ4n) is 1.75. The van der Waals surface area contributed by atoms with E-state index >= 15 is 0 Å². The Bertz CT molecular complexity index is 658. The summed E-state index contributed by atoms with van der Waals surface area (Å²) in [5.74, 6) is -1.14. The molecule has 0 saturated carbocycles. The third-order valence-electron chi connectivity index (χ3n) is 2.96. The van der Waals surface area contributed by atoms with Gasteiger partial charge in [-0.2, -0.15) is 0 Å². The van der Waals surface area contributed by atoms with Crippen LogP contribution in [0.4, 0.5) is 10.1 Å². The van der Waals surface area contributed by atoms with E-state index in [-0.39, 0.29) is 5.56 Å². The predicted molar refractivity (Wildman–Crippen MR) is 78.5 cm³/mol. The minimum absolute atomic E-state index is 0.0826. The first-order chi connectivity index (χ1) is 9.49. The van der Waals surface area contributed by atoms with Gasteiger partial charge in [0.1, 0.15) is 5.82 Å². The van der Waals surface area contributed by atoms with Gasteiger partial charge in [0.2, 0.25) is 0 Å². The van der Waals surface area contributed by atoms with E-state index in [9.17, 15) is 9.18 Å². The Hall–Kier alpha value is -2.01. The maximum atomic E-state index is 13.7. The van der Waals surface area contributed by atoms with Gasteiger partial charge >= 0.3 is 5.97 Å². The van der Waals surface area contributed by atoms with E-state index in [1.165, 1.54) is 30.0 Å². The number of aryl methyl sites for hydroxylation is 1. The minimum Gasteiger partial charge on any atom is -0.478 e. The molecule has 104 valence electrons. The number of anilines is 1. The molecule has 3 nitrogen and oxygen atoms in total. The van der Waals surface area contributed by atoms with Crippen molar-refractivity contribution in [3.63, 3.8) is 0 Å². The quantitative estimate of drug-likeness (QED) is 0.666. The maximum absolute atomic E-state index is 13.7. The van der Waals surface area contributed by atoms with E-state index in [1.54, 1.807) is 0 Å². The summed E-state index contributed by atoms with van der Waals surface area (Å²) in [6.45, 7) is 1.91. The summed E-state index contributed by atoms with van der Waals surface area (Å²) in [5.41, 5.74) is 8.03. The number of benzene rings is 2. The zero-order chi connectivity index (χ0) is 14.7. The van der Waals surface area contributed by atoms with Gasteiger partial charge in [0, 0.05) is 16.3 Å². The SMILES string of the molecule is Cc1cccc(SCc2cc(C(=O)O)ccc2F)c1N. The monoisotopic (exact) mass is 291 g/mol. The van der Waals surface area contributed by atoms with E-state index in [1.807, 2.05) is 25.1 Å². The molecular formula is C15H14FNO2S. The molecule has 0 amide bonds. The number of nitrogens with two attached hydrogens (primary N) is 1.